The van der Waals surface area contributed by atoms with Gasteiger partial charge in [0.15, 0.2) is 0 Å². The Bertz CT molecular complexity index is 354. The predicted molar refractivity (Wildman–Crippen MR) is 86.9 cm³/mol. The fourth-order valence-corrected chi connectivity index (χ4v) is 2.14. The van der Waals surface area contributed by atoms with Crippen molar-refractivity contribution in [1.29, 1.82) is 0 Å². The first kappa shape index (κ1) is 22.3. The topological polar surface area (TPSA) is 102 Å². The lowest BCUT2D eigenvalue weighted by atomic mass is 10.1. The Kier molecular flexibility index (Phi) is 14.4. The highest BCUT2D eigenvalue weighted by atomic mass is 31.2. The summed E-state index contributed by atoms with van der Waals surface area (Å²) in [5.41, 5.74) is 0. The van der Waals surface area contributed by atoms with E-state index >= 15 is 0 Å². The van der Waals surface area contributed by atoms with Gasteiger partial charge in [0.25, 0.3) is 0 Å². The molecular weight excluding hydrogens is 323 g/mol. The second-order valence-electron chi connectivity index (χ2n) is 5.23. The van der Waals surface area contributed by atoms with Crippen molar-refractivity contribution < 1.29 is 33.7 Å². The summed E-state index contributed by atoms with van der Waals surface area (Å²) >= 11 is 0. The van der Waals surface area contributed by atoms with Crippen LogP contribution in [0.5, 0.6) is 0 Å². The molecule has 0 unspecified atom stereocenters. The fourth-order valence-electron chi connectivity index (χ4n) is 1.83. The van der Waals surface area contributed by atoms with Crippen LogP contribution < -0.4 is 0 Å². The summed E-state index contributed by atoms with van der Waals surface area (Å²) in [5.74, 6) is -0.363. The number of carbonyl (C=O) groups excluding carboxylic acids is 1. The standard InChI is InChI=1S/C15H29O7P/c1-2-15(16)20-11-9-7-5-3-4-6-8-10-12-21-22-13-14-23(17,18)19/h2H,1,3-14H2,(H2,17,18,19). The Morgan fingerprint density at radius 1 is 0.870 bits per heavy atom. The highest BCUT2D eigenvalue weighted by Gasteiger charge is 2.11. The molecule has 8 heteroatoms. The van der Waals surface area contributed by atoms with E-state index in [1.54, 1.807) is 0 Å². The van der Waals surface area contributed by atoms with Gasteiger partial charge in [0.2, 0.25) is 0 Å². The average Bonchev–Trinajstić information content (AvgIpc) is 2.49. The summed E-state index contributed by atoms with van der Waals surface area (Å²) in [5, 5.41) is 0. The first-order chi connectivity index (χ1) is 11.0. The second kappa shape index (κ2) is 14.8. The Morgan fingerprint density at radius 3 is 1.87 bits per heavy atom. The van der Waals surface area contributed by atoms with Gasteiger partial charge >= 0.3 is 13.6 Å². The zero-order valence-corrected chi connectivity index (χ0v) is 14.5. The van der Waals surface area contributed by atoms with Gasteiger partial charge in [0, 0.05) is 6.08 Å². The van der Waals surface area contributed by atoms with Crippen molar-refractivity contribution in [1.82, 2.24) is 0 Å². The van der Waals surface area contributed by atoms with E-state index in [1.807, 2.05) is 0 Å². The van der Waals surface area contributed by atoms with Crippen molar-refractivity contribution in [3.63, 3.8) is 0 Å². The monoisotopic (exact) mass is 352 g/mol. The van der Waals surface area contributed by atoms with E-state index in [-0.39, 0.29) is 18.7 Å². The number of hydrogen-bond acceptors (Lipinski definition) is 5. The molecule has 0 saturated heterocycles. The van der Waals surface area contributed by atoms with E-state index < -0.39 is 7.60 Å². The molecule has 0 aromatic heterocycles. The Hall–Kier alpha value is -0.720. The maximum absolute atomic E-state index is 10.8. The molecule has 0 bridgehead atoms. The van der Waals surface area contributed by atoms with Gasteiger partial charge in [-0.25, -0.2) is 14.6 Å². The third-order valence-corrected chi connectivity index (χ3v) is 3.85. The van der Waals surface area contributed by atoms with E-state index in [1.165, 1.54) is 6.08 Å². The molecule has 0 aromatic carbocycles. The smallest absolute Gasteiger partial charge is 0.330 e. The molecule has 0 aliphatic carbocycles. The van der Waals surface area contributed by atoms with Crippen LogP contribution in [0.3, 0.4) is 0 Å². The molecular formula is C15H29O7P. The predicted octanol–water partition coefficient (Wildman–Crippen LogP) is 2.96. The van der Waals surface area contributed by atoms with Gasteiger partial charge < -0.3 is 14.5 Å². The maximum Gasteiger partial charge on any atom is 0.330 e. The zero-order chi connectivity index (χ0) is 17.4. The number of rotatable bonds is 16. The normalized spacial score (nSPS) is 11.4. The number of hydrogen-bond donors (Lipinski definition) is 2. The van der Waals surface area contributed by atoms with Crippen molar-refractivity contribution in [2.24, 2.45) is 0 Å². The van der Waals surface area contributed by atoms with Gasteiger partial charge in [0.1, 0.15) is 0 Å². The molecule has 0 amide bonds. The lowest BCUT2D eigenvalue weighted by Gasteiger charge is -2.05. The van der Waals surface area contributed by atoms with Gasteiger partial charge in [-0.05, 0) is 12.8 Å². The molecule has 0 aromatic rings. The van der Waals surface area contributed by atoms with Gasteiger partial charge in [-0.15, -0.1) is 0 Å². The SMILES string of the molecule is C=CC(=O)OCCCCCCCCCCOOCCP(=O)(O)O. The first-order valence-electron chi connectivity index (χ1n) is 8.04. The van der Waals surface area contributed by atoms with Crippen molar-refractivity contribution in [2.45, 2.75) is 51.4 Å². The number of unbranched alkanes of at least 4 members (excludes halogenated alkanes) is 7. The number of esters is 1. The van der Waals surface area contributed by atoms with Crippen molar-refractivity contribution in [3.8, 4) is 0 Å². The first-order valence-corrected chi connectivity index (χ1v) is 9.83. The molecule has 0 heterocycles. The highest BCUT2D eigenvalue weighted by molar-refractivity contribution is 7.51. The van der Waals surface area contributed by atoms with Gasteiger partial charge in [0.05, 0.1) is 26.0 Å². The molecule has 0 aliphatic rings. The minimum Gasteiger partial charge on any atom is -0.463 e. The van der Waals surface area contributed by atoms with E-state index in [0.717, 1.165) is 51.4 Å². The number of ether oxygens (including phenoxy) is 1. The van der Waals surface area contributed by atoms with Crippen LogP contribution in [0.4, 0.5) is 0 Å². The summed E-state index contributed by atoms with van der Waals surface area (Å²) in [4.78, 5) is 37.5. The Balaban J connectivity index is 3.09. The molecule has 23 heavy (non-hydrogen) atoms. The van der Waals surface area contributed by atoms with E-state index in [0.29, 0.717) is 13.2 Å². The molecule has 0 fully saturated rings. The Labute approximate surface area is 138 Å². The molecule has 136 valence electrons. The maximum atomic E-state index is 10.8. The van der Waals surface area contributed by atoms with Gasteiger partial charge in [-0.2, -0.15) is 0 Å². The fraction of sp³-hybridized carbons (Fsp3) is 0.800. The largest absolute Gasteiger partial charge is 0.463 e. The van der Waals surface area contributed by atoms with Gasteiger partial charge in [-0.1, -0.05) is 45.1 Å². The van der Waals surface area contributed by atoms with Crippen LogP contribution in [0.15, 0.2) is 12.7 Å². The summed E-state index contributed by atoms with van der Waals surface area (Å²) in [7, 11) is -3.99. The quantitative estimate of drug-likeness (QED) is 0.110. The molecule has 0 saturated carbocycles. The van der Waals surface area contributed by atoms with Gasteiger partial charge in [-0.3, -0.25) is 4.57 Å². The summed E-state index contributed by atoms with van der Waals surface area (Å²) in [6.07, 6.45) is 9.28. The lowest BCUT2D eigenvalue weighted by Crippen LogP contribution is -2.03. The van der Waals surface area contributed by atoms with Crippen LogP contribution >= 0.6 is 7.60 Å². The summed E-state index contributed by atoms with van der Waals surface area (Å²) in [6, 6.07) is 0. The summed E-state index contributed by atoms with van der Waals surface area (Å²) < 4.78 is 15.4. The molecule has 7 nitrogen and oxygen atoms in total. The van der Waals surface area contributed by atoms with Crippen LogP contribution in [0.1, 0.15) is 51.4 Å². The second-order valence-corrected chi connectivity index (χ2v) is 7.01. The average molecular weight is 352 g/mol. The lowest BCUT2D eigenvalue weighted by molar-refractivity contribution is -0.291. The zero-order valence-electron chi connectivity index (χ0n) is 13.7. The van der Waals surface area contributed by atoms with Crippen molar-refractivity contribution in [3.05, 3.63) is 12.7 Å². The minimum absolute atomic E-state index is 0.0909. The van der Waals surface area contributed by atoms with E-state index in [9.17, 15) is 9.36 Å². The number of carbonyl (C=O) groups is 1. The molecule has 0 atom stereocenters. The molecule has 0 radical (unpaired) electrons. The molecule has 0 rings (SSSR count). The van der Waals surface area contributed by atoms with Crippen LogP contribution in [-0.4, -0.2) is 41.7 Å². The van der Waals surface area contributed by atoms with E-state index in [4.69, 9.17) is 19.4 Å². The minimum atomic E-state index is -3.99. The van der Waals surface area contributed by atoms with Crippen molar-refractivity contribution >= 4 is 13.6 Å². The third-order valence-electron chi connectivity index (χ3n) is 3.08. The van der Waals surface area contributed by atoms with Crippen LogP contribution in [0.2, 0.25) is 0 Å². The van der Waals surface area contributed by atoms with E-state index in [2.05, 4.69) is 11.5 Å². The molecule has 0 spiro atoms. The summed E-state index contributed by atoms with van der Waals surface area (Å²) in [6.45, 7) is 4.14. The highest BCUT2D eigenvalue weighted by Crippen LogP contribution is 2.33. The van der Waals surface area contributed by atoms with Crippen LogP contribution in [0.25, 0.3) is 0 Å². The van der Waals surface area contributed by atoms with Crippen LogP contribution in [0, 0.1) is 0 Å². The molecule has 2 N–H and O–H groups in total. The van der Waals surface area contributed by atoms with Crippen molar-refractivity contribution in [2.75, 3.05) is 26.0 Å². The third kappa shape index (κ3) is 19.2. The molecule has 0 aliphatic heterocycles. The van der Waals surface area contributed by atoms with Crippen LogP contribution in [-0.2, 0) is 23.9 Å². The Morgan fingerprint density at radius 2 is 1.35 bits per heavy atom.